The van der Waals surface area contributed by atoms with Crippen molar-refractivity contribution < 1.29 is 9.59 Å². The number of fused-ring (bicyclic) bond motifs is 1. The highest BCUT2D eigenvalue weighted by atomic mass is 16.2. The Kier molecular flexibility index (Phi) is 3.92. The molecule has 1 aliphatic rings. The van der Waals surface area contributed by atoms with Gasteiger partial charge in [0.2, 0.25) is 11.9 Å². The van der Waals surface area contributed by atoms with Crippen molar-refractivity contribution in [2.24, 2.45) is 10.7 Å². The first kappa shape index (κ1) is 14.6. The highest BCUT2D eigenvalue weighted by molar-refractivity contribution is 6.06. The first-order valence-electron chi connectivity index (χ1n) is 7.00. The Labute approximate surface area is 132 Å². The van der Waals surface area contributed by atoms with Crippen LogP contribution < -0.4 is 21.7 Å². The quantitative estimate of drug-likeness (QED) is 0.497. The second kappa shape index (κ2) is 6.18. The molecule has 7 nitrogen and oxygen atoms in total. The van der Waals surface area contributed by atoms with E-state index in [2.05, 4.69) is 20.9 Å². The van der Waals surface area contributed by atoms with Crippen molar-refractivity contribution in [2.45, 2.75) is 0 Å². The van der Waals surface area contributed by atoms with Gasteiger partial charge in [-0.3, -0.25) is 14.9 Å². The zero-order valence-electron chi connectivity index (χ0n) is 12.2. The molecular weight excluding hydrogens is 294 g/mol. The fourth-order valence-electron chi connectivity index (χ4n) is 2.17. The smallest absolute Gasteiger partial charge is 0.257 e. The molecule has 1 aliphatic heterocycles. The number of guanidine groups is 1. The summed E-state index contributed by atoms with van der Waals surface area (Å²) in [5, 5.41) is 8.26. The summed E-state index contributed by atoms with van der Waals surface area (Å²) in [6.07, 6.45) is 0. The third kappa shape index (κ3) is 3.46. The van der Waals surface area contributed by atoms with Gasteiger partial charge in [0.25, 0.3) is 5.91 Å². The van der Waals surface area contributed by atoms with Gasteiger partial charge >= 0.3 is 0 Å². The number of nitrogens with one attached hydrogen (secondary N) is 3. The average Bonchev–Trinajstić information content (AvgIpc) is 2.55. The molecule has 0 bridgehead atoms. The van der Waals surface area contributed by atoms with Crippen LogP contribution in [-0.2, 0) is 4.79 Å². The van der Waals surface area contributed by atoms with Crippen LogP contribution >= 0.6 is 0 Å². The molecule has 7 heteroatoms. The molecule has 2 aromatic rings. The monoisotopic (exact) mass is 309 g/mol. The van der Waals surface area contributed by atoms with Gasteiger partial charge in [-0.25, -0.2) is 4.99 Å². The molecule has 0 radical (unpaired) electrons. The molecule has 3 rings (SSSR count). The summed E-state index contributed by atoms with van der Waals surface area (Å²) in [7, 11) is 0. The predicted molar refractivity (Wildman–Crippen MR) is 88.8 cm³/mol. The van der Waals surface area contributed by atoms with Gasteiger partial charge < -0.3 is 16.4 Å². The maximum Gasteiger partial charge on any atom is 0.257 e. The molecule has 0 atom stereocenters. The first-order valence-corrected chi connectivity index (χ1v) is 7.00. The Morgan fingerprint density at radius 2 is 1.91 bits per heavy atom. The summed E-state index contributed by atoms with van der Waals surface area (Å²) >= 11 is 0. The summed E-state index contributed by atoms with van der Waals surface area (Å²) in [5.74, 6) is -0.419. The standard InChI is InChI=1S/C16H15N5O2/c17-16(21-15(23)10-4-2-1-3-5-10)19-11-6-7-12-13(8-11)18-9-14(22)20-12/h1-8,18H,9H2,(H,20,22)(H3,17,19,21,23). The van der Waals surface area contributed by atoms with Gasteiger partial charge in [0.05, 0.1) is 23.6 Å². The Morgan fingerprint density at radius 1 is 1.13 bits per heavy atom. The van der Waals surface area contributed by atoms with Crippen LogP contribution in [0.4, 0.5) is 17.1 Å². The van der Waals surface area contributed by atoms with E-state index < -0.39 is 0 Å². The van der Waals surface area contributed by atoms with Gasteiger partial charge in [-0.2, -0.15) is 0 Å². The SMILES string of the molecule is NC(=Nc1ccc2c(c1)NCC(=O)N2)NC(=O)c1ccccc1. The van der Waals surface area contributed by atoms with Crippen molar-refractivity contribution in [2.75, 3.05) is 17.2 Å². The van der Waals surface area contributed by atoms with Gasteiger partial charge in [0.1, 0.15) is 0 Å². The van der Waals surface area contributed by atoms with Crippen molar-refractivity contribution >= 4 is 34.8 Å². The van der Waals surface area contributed by atoms with Crippen LogP contribution in [0.25, 0.3) is 0 Å². The van der Waals surface area contributed by atoms with Crippen LogP contribution in [0.3, 0.4) is 0 Å². The fourth-order valence-corrected chi connectivity index (χ4v) is 2.17. The number of anilines is 2. The number of benzene rings is 2. The highest BCUT2D eigenvalue weighted by Gasteiger charge is 2.14. The molecule has 0 fully saturated rings. The summed E-state index contributed by atoms with van der Waals surface area (Å²) < 4.78 is 0. The number of rotatable bonds is 2. The zero-order chi connectivity index (χ0) is 16.2. The minimum Gasteiger partial charge on any atom is -0.374 e. The number of carbonyl (C=O) groups excluding carboxylic acids is 2. The van der Waals surface area contributed by atoms with Crippen LogP contribution in [0.15, 0.2) is 53.5 Å². The Hall–Kier alpha value is -3.35. The highest BCUT2D eigenvalue weighted by Crippen LogP contribution is 2.29. The van der Waals surface area contributed by atoms with E-state index in [0.717, 1.165) is 5.69 Å². The number of nitrogens with zero attached hydrogens (tertiary/aromatic N) is 1. The van der Waals surface area contributed by atoms with E-state index in [4.69, 9.17) is 5.73 Å². The molecule has 0 spiro atoms. The van der Waals surface area contributed by atoms with Crippen LogP contribution in [-0.4, -0.2) is 24.3 Å². The summed E-state index contributed by atoms with van der Waals surface area (Å²) in [5.41, 5.74) is 8.28. The van der Waals surface area contributed by atoms with Crippen molar-refractivity contribution in [1.82, 2.24) is 5.32 Å². The van der Waals surface area contributed by atoms with E-state index in [1.807, 2.05) is 6.07 Å². The lowest BCUT2D eigenvalue weighted by atomic mass is 10.2. The molecule has 116 valence electrons. The van der Waals surface area contributed by atoms with Crippen molar-refractivity contribution in [1.29, 1.82) is 0 Å². The molecular formula is C16H15N5O2. The molecule has 0 saturated heterocycles. The summed E-state index contributed by atoms with van der Waals surface area (Å²) in [6.45, 7) is 0.209. The summed E-state index contributed by atoms with van der Waals surface area (Å²) in [4.78, 5) is 27.4. The van der Waals surface area contributed by atoms with E-state index in [1.54, 1.807) is 42.5 Å². The molecule has 2 amide bonds. The predicted octanol–water partition coefficient (Wildman–Crippen LogP) is 1.43. The Balaban J connectivity index is 1.74. The molecule has 0 aliphatic carbocycles. The number of carbonyl (C=O) groups is 2. The van der Waals surface area contributed by atoms with E-state index in [-0.39, 0.29) is 24.3 Å². The number of hydrogen-bond acceptors (Lipinski definition) is 4. The molecule has 1 heterocycles. The number of amides is 2. The van der Waals surface area contributed by atoms with Gasteiger partial charge in [0, 0.05) is 5.56 Å². The molecule has 2 aromatic carbocycles. The molecule has 0 saturated carbocycles. The maximum absolute atomic E-state index is 12.0. The summed E-state index contributed by atoms with van der Waals surface area (Å²) in [6, 6.07) is 13.9. The first-order chi connectivity index (χ1) is 11.1. The van der Waals surface area contributed by atoms with Crippen LogP contribution in [0.5, 0.6) is 0 Å². The normalized spacial score (nSPS) is 13.6. The van der Waals surface area contributed by atoms with Gasteiger partial charge in [0.15, 0.2) is 0 Å². The molecule has 5 N–H and O–H groups in total. The molecule has 23 heavy (non-hydrogen) atoms. The van der Waals surface area contributed by atoms with Gasteiger partial charge in [-0.05, 0) is 30.3 Å². The van der Waals surface area contributed by atoms with Crippen LogP contribution in [0.2, 0.25) is 0 Å². The number of hydrogen-bond donors (Lipinski definition) is 4. The van der Waals surface area contributed by atoms with Crippen molar-refractivity contribution in [3.63, 3.8) is 0 Å². The lowest BCUT2D eigenvalue weighted by molar-refractivity contribution is -0.114. The Morgan fingerprint density at radius 3 is 2.70 bits per heavy atom. The van der Waals surface area contributed by atoms with E-state index >= 15 is 0 Å². The number of aliphatic imine (C=N–C) groups is 1. The van der Waals surface area contributed by atoms with Crippen molar-refractivity contribution in [3.8, 4) is 0 Å². The molecule has 0 aromatic heterocycles. The van der Waals surface area contributed by atoms with E-state index in [1.165, 1.54) is 0 Å². The maximum atomic E-state index is 12.0. The van der Waals surface area contributed by atoms with E-state index in [0.29, 0.717) is 16.9 Å². The van der Waals surface area contributed by atoms with Crippen LogP contribution in [0, 0.1) is 0 Å². The topological polar surface area (TPSA) is 109 Å². The number of nitrogens with two attached hydrogens (primary N) is 1. The zero-order valence-corrected chi connectivity index (χ0v) is 12.2. The van der Waals surface area contributed by atoms with Gasteiger partial charge in [-0.1, -0.05) is 18.2 Å². The largest absolute Gasteiger partial charge is 0.374 e. The Bertz CT molecular complexity index is 786. The lowest BCUT2D eigenvalue weighted by Crippen LogP contribution is -2.36. The minimum absolute atomic E-state index is 0.00125. The molecule has 0 unspecified atom stereocenters. The van der Waals surface area contributed by atoms with E-state index in [9.17, 15) is 9.59 Å². The third-order valence-electron chi connectivity index (χ3n) is 3.24. The van der Waals surface area contributed by atoms with Crippen molar-refractivity contribution in [3.05, 3.63) is 54.1 Å². The average molecular weight is 309 g/mol. The minimum atomic E-state index is -0.324. The lowest BCUT2D eigenvalue weighted by Gasteiger charge is -2.18. The second-order valence-corrected chi connectivity index (χ2v) is 4.95. The van der Waals surface area contributed by atoms with Gasteiger partial charge in [-0.15, -0.1) is 0 Å². The fraction of sp³-hybridized carbons (Fsp3) is 0.0625. The second-order valence-electron chi connectivity index (χ2n) is 4.95. The van der Waals surface area contributed by atoms with Crippen LogP contribution in [0.1, 0.15) is 10.4 Å². The third-order valence-corrected chi connectivity index (χ3v) is 3.24.